The van der Waals surface area contributed by atoms with Crippen molar-refractivity contribution in [2.24, 2.45) is 5.73 Å². The Morgan fingerprint density at radius 3 is 2.48 bits per heavy atom. The summed E-state index contributed by atoms with van der Waals surface area (Å²) in [5.74, 6) is -2.50. The number of carbonyl (C=O) groups is 2. The summed E-state index contributed by atoms with van der Waals surface area (Å²) in [6, 6.07) is 5.73. The number of rotatable bonds is 5. The Morgan fingerprint density at radius 1 is 1.38 bits per heavy atom. The zero-order valence-electron chi connectivity index (χ0n) is 12.3. The van der Waals surface area contributed by atoms with Crippen LogP contribution in [-0.2, 0) is 14.3 Å². The SMILES string of the molecule is CC(C)(C)OC(=O)[C@@H](c1cccc(Cl)c1)[C@@H](N)CC(=O)O. The van der Waals surface area contributed by atoms with Crippen LogP contribution in [0.15, 0.2) is 24.3 Å². The lowest BCUT2D eigenvalue weighted by Gasteiger charge is -2.27. The van der Waals surface area contributed by atoms with Crippen molar-refractivity contribution in [3.63, 3.8) is 0 Å². The second-order valence-electron chi connectivity index (χ2n) is 5.83. The van der Waals surface area contributed by atoms with Crippen LogP contribution >= 0.6 is 11.6 Å². The summed E-state index contributed by atoms with van der Waals surface area (Å²) in [6.07, 6.45) is -0.337. The molecule has 0 bridgehead atoms. The molecular formula is C15H20ClNO4. The van der Waals surface area contributed by atoms with Gasteiger partial charge in [-0.05, 0) is 38.5 Å². The van der Waals surface area contributed by atoms with Gasteiger partial charge in [0.1, 0.15) is 5.60 Å². The average molecular weight is 314 g/mol. The number of aliphatic carboxylic acids is 1. The Balaban J connectivity index is 3.10. The quantitative estimate of drug-likeness (QED) is 0.815. The lowest BCUT2D eigenvalue weighted by atomic mass is 9.90. The van der Waals surface area contributed by atoms with E-state index in [9.17, 15) is 9.59 Å². The number of ether oxygens (including phenoxy) is 1. The summed E-state index contributed by atoms with van der Waals surface area (Å²) < 4.78 is 5.34. The van der Waals surface area contributed by atoms with Gasteiger partial charge in [0.25, 0.3) is 0 Å². The van der Waals surface area contributed by atoms with Crippen molar-refractivity contribution in [2.45, 2.75) is 44.8 Å². The van der Waals surface area contributed by atoms with Gasteiger partial charge in [-0.1, -0.05) is 23.7 Å². The first-order valence-corrected chi connectivity index (χ1v) is 6.93. The molecule has 1 aromatic rings. The van der Waals surface area contributed by atoms with Crippen LogP contribution in [-0.4, -0.2) is 28.7 Å². The Kier molecular flexibility index (Phi) is 5.75. The van der Waals surface area contributed by atoms with Crippen LogP contribution in [0.1, 0.15) is 38.7 Å². The second kappa shape index (κ2) is 6.91. The smallest absolute Gasteiger partial charge is 0.315 e. The van der Waals surface area contributed by atoms with Crippen molar-refractivity contribution in [1.82, 2.24) is 0 Å². The van der Waals surface area contributed by atoms with Crippen molar-refractivity contribution >= 4 is 23.5 Å². The second-order valence-corrected chi connectivity index (χ2v) is 6.26. The predicted octanol–water partition coefficient (Wildman–Crippen LogP) is 2.57. The van der Waals surface area contributed by atoms with E-state index in [4.69, 9.17) is 27.2 Å². The number of benzene rings is 1. The van der Waals surface area contributed by atoms with E-state index in [1.165, 1.54) is 0 Å². The van der Waals surface area contributed by atoms with Crippen molar-refractivity contribution in [2.75, 3.05) is 0 Å². The van der Waals surface area contributed by atoms with Gasteiger partial charge >= 0.3 is 11.9 Å². The molecule has 6 heteroatoms. The molecule has 0 spiro atoms. The summed E-state index contributed by atoms with van der Waals surface area (Å²) in [7, 11) is 0. The first-order valence-electron chi connectivity index (χ1n) is 6.56. The van der Waals surface area contributed by atoms with E-state index in [2.05, 4.69) is 0 Å². The van der Waals surface area contributed by atoms with Gasteiger partial charge in [0, 0.05) is 11.1 Å². The molecule has 1 rings (SSSR count). The summed E-state index contributed by atoms with van der Waals surface area (Å²) in [5, 5.41) is 9.34. The Bertz CT molecular complexity index is 525. The highest BCUT2D eigenvalue weighted by Crippen LogP contribution is 2.26. The van der Waals surface area contributed by atoms with Crippen LogP contribution in [0.2, 0.25) is 5.02 Å². The van der Waals surface area contributed by atoms with E-state index < -0.39 is 29.5 Å². The molecule has 0 aliphatic carbocycles. The minimum Gasteiger partial charge on any atom is -0.481 e. The molecule has 2 atom stereocenters. The van der Waals surface area contributed by atoms with Crippen molar-refractivity contribution in [3.05, 3.63) is 34.9 Å². The van der Waals surface area contributed by atoms with Crippen LogP contribution in [0.5, 0.6) is 0 Å². The highest BCUT2D eigenvalue weighted by Gasteiger charge is 2.33. The van der Waals surface area contributed by atoms with E-state index in [1.807, 2.05) is 0 Å². The van der Waals surface area contributed by atoms with Gasteiger partial charge in [-0.3, -0.25) is 9.59 Å². The van der Waals surface area contributed by atoms with Gasteiger partial charge in [-0.2, -0.15) is 0 Å². The standard InChI is InChI=1S/C15H20ClNO4/c1-15(2,3)21-14(20)13(11(17)8-12(18)19)9-5-4-6-10(16)7-9/h4-7,11,13H,8,17H2,1-3H3,(H,18,19)/t11-,13-/m0/s1. The number of carboxylic acid groups (broad SMARTS) is 1. The van der Waals surface area contributed by atoms with Crippen LogP contribution < -0.4 is 5.73 Å². The van der Waals surface area contributed by atoms with Crippen molar-refractivity contribution in [3.8, 4) is 0 Å². The number of halogens is 1. The summed E-state index contributed by atoms with van der Waals surface area (Å²) in [4.78, 5) is 23.2. The fourth-order valence-corrected chi connectivity index (χ4v) is 2.14. The molecule has 0 unspecified atom stereocenters. The number of hydrogen-bond acceptors (Lipinski definition) is 4. The molecule has 5 nitrogen and oxygen atoms in total. The molecule has 0 amide bonds. The lowest BCUT2D eigenvalue weighted by Crippen LogP contribution is -2.39. The zero-order valence-corrected chi connectivity index (χ0v) is 13.1. The number of esters is 1. The maximum atomic E-state index is 12.4. The number of carboxylic acids is 1. The molecule has 0 heterocycles. The third-order valence-electron chi connectivity index (χ3n) is 2.71. The predicted molar refractivity (Wildman–Crippen MR) is 80.3 cm³/mol. The fraction of sp³-hybridized carbons (Fsp3) is 0.467. The zero-order chi connectivity index (χ0) is 16.2. The molecule has 0 radical (unpaired) electrons. The molecule has 21 heavy (non-hydrogen) atoms. The van der Waals surface area contributed by atoms with Gasteiger partial charge in [-0.15, -0.1) is 0 Å². The van der Waals surface area contributed by atoms with Crippen LogP contribution in [0.4, 0.5) is 0 Å². The summed E-state index contributed by atoms with van der Waals surface area (Å²) in [6.45, 7) is 5.22. The molecule has 1 aromatic carbocycles. The number of carbonyl (C=O) groups excluding carboxylic acids is 1. The first-order chi connectivity index (χ1) is 9.60. The average Bonchev–Trinajstić information content (AvgIpc) is 2.25. The highest BCUT2D eigenvalue weighted by molar-refractivity contribution is 6.30. The maximum Gasteiger partial charge on any atom is 0.315 e. The lowest BCUT2D eigenvalue weighted by molar-refractivity contribution is -0.157. The van der Waals surface area contributed by atoms with E-state index in [0.717, 1.165) is 0 Å². The van der Waals surface area contributed by atoms with Crippen LogP contribution in [0.3, 0.4) is 0 Å². The van der Waals surface area contributed by atoms with E-state index in [0.29, 0.717) is 10.6 Å². The third kappa shape index (κ3) is 5.73. The first kappa shape index (κ1) is 17.5. The molecule has 0 saturated carbocycles. The highest BCUT2D eigenvalue weighted by atomic mass is 35.5. The maximum absolute atomic E-state index is 12.4. The fourth-order valence-electron chi connectivity index (χ4n) is 1.94. The van der Waals surface area contributed by atoms with Gasteiger partial charge in [0.15, 0.2) is 0 Å². The molecule has 0 fully saturated rings. The van der Waals surface area contributed by atoms with Gasteiger partial charge < -0.3 is 15.6 Å². The Morgan fingerprint density at radius 2 is 2.00 bits per heavy atom. The van der Waals surface area contributed by atoms with E-state index >= 15 is 0 Å². The molecule has 116 valence electrons. The van der Waals surface area contributed by atoms with Gasteiger partial charge in [0.05, 0.1) is 12.3 Å². The van der Waals surface area contributed by atoms with E-state index in [1.54, 1.807) is 45.0 Å². The molecule has 3 N–H and O–H groups in total. The Hall–Kier alpha value is -1.59. The molecule has 0 aliphatic rings. The molecular weight excluding hydrogens is 294 g/mol. The monoisotopic (exact) mass is 313 g/mol. The number of nitrogens with two attached hydrogens (primary N) is 1. The van der Waals surface area contributed by atoms with Crippen molar-refractivity contribution < 1.29 is 19.4 Å². The molecule has 0 aromatic heterocycles. The topological polar surface area (TPSA) is 89.6 Å². The molecule has 0 saturated heterocycles. The summed E-state index contributed by atoms with van der Waals surface area (Å²) in [5.41, 5.74) is 5.76. The third-order valence-corrected chi connectivity index (χ3v) is 2.94. The minimum atomic E-state index is -1.07. The van der Waals surface area contributed by atoms with Crippen LogP contribution in [0.25, 0.3) is 0 Å². The van der Waals surface area contributed by atoms with Gasteiger partial charge in [-0.25, -0.2) is 0 Å². The van der Waals surface area contributed by atoms with Crippen molar-refractivity contribution in [1.29, 1.82) is 0 Å². The van der Waals surface area contributed by atoms with Gasteiger partial charge in [0.2, 0.25) is 0 Å². The summed E-state index contributed by atoms with van der Waals surface area (Å²) >= 11 is 5.93. The number of hydrogen-bond donors (Lipinski definition) is 2. The normalized spacial score (nSPS) is 14.3. The molecule has 0 aliphatic heterocycles. The Labute approximate surface area is 129 Å². The van der Waals surface area contributed by atoms with Crippen LogP contribution in [0, 0.1) is 0 Å². The minimum absolute atomic E-state index is 0.337. The van der Waals surface area contributed by atoms with E-state index in [-0.39, 0.29) is 6.42 Å². The largest absolute Gasteiger partial charge is 0.481 e.